The molecule has 2 aliphatic rings. The van der Waals surface area contributed by atoms with Crippen LogP contribution in [0.2, 0.25) is 0 Å². The van der Waals surface area contributed by atoms with E-state index >= 15 is 0 Å². The normalized spacial score (nSPS) is 20.7. The summed E-state index contributed by atoms with van der Waals surface area (Å²) in [4.78, 5) is 27.6. The van der Waals surface area contributed by atoms with Crippen LogP contribution in [0.4, 0.5) is 10.5 Å². The monoisotopic (exact) mass is 258 g/mol. The first-order valence-electron chi connectivity index (χ1n) is 6.87. The van der Waals surface area contributed by atoms with Gasteiger partial charge < -0.3 is 4.90 Å². The van der Waals surface area contributed by atoms with E-state index in [1.165, 1.54) is 4.90 Å². The molecule has 0 aromatic heterocycles. The van der Waals surface area contributed by atoms with Crippen LogP contribution in [0.3, 0.4) is 0 Å². The van der Waals surface area contributed by atoms with Crippen LogP contribution < -0.4 is 4.90 Å². The number of anilines is 1. The van der Waals surface area contributed by atoms with E-state index in [-0.39, 0.29) is 24.5 Å². The average molecular weight is 258 g/mol. The molecule has 1 aromatic carbocycles. The summed E-state index contributed by atoms with van der Waals surface area (Å²) in [7, 11) is 0. The molecule has 2 fully saturated rings. The van der Waals surface area contributed by atoms with Crippen molar-refractivity contribution in [2.24, 2.45) is 0 Å². The van der Waals surface area contributed by atoms with Gasteiger partial charge in [-0.05, 0) is 31.9 Å². The molecule has 1 aliphatic heterocycles. The van der Waals surface area contributed by atoms with Gasteiger partial charge in [-0.2, -0.15) is 0 Å². The number of carbonyl (C=O) groups excluding carboxylic acids is 2. The Bertz CT molecular complexity index is 503. The van der Waals surface area contributed by atoms with Crippen molar-refractivity contribution < 1.29 is 9.59 Å². The van der Waals surface area contributed by atoms with Gasteiger partial charge in [0.15, 0.2) is 0 Å². The van der Waals surface area contributed by atoms with Crippen molar-refractivity contribution in [1.29, 1.82) is 0 Å². The molecule has 1 aliphatic carbocycles. The third-order valence-corrected chi connectivity index (χ3v) is 4.05. The third kappa shape index (κ3) is 2.11. The summed E-state index contributed by atoms with van der Waals surface area (Å²) >= 11 is 0. The first-order chi connectivity index (χ1) is 9.16. The number of rotatable bonds is 2. The highest BCUT2D eigenvalue weighted by Crippen LogP contribution is 2.29. The zero-order valence-corrected chi connectivity index (χ0v) is 11.1. The standard InChI is InChI=1S/C15H18N2O2/c1-11-6-8-13(9-7-11)17-14(18)10-16(15(17)19)12-4-2-3-5-12/h6-9,12H,2-5,10H2,1H3. The fraction of sp³-hybridized carbons (Fsp3) is 0.467. The number of amides is 3. The van der Waals surface area contributed by atoms with E-state index in [1.807, 2.05) is 31.2 Å². The van der Waals surface area contributed by atoms with E-state index in [2.05, 4.69) is 0 Å². The maximum atomic E-state index is 12.4. The summed E-state index contributed by atoms with van der Waals surface area (Å²) in [5.74, 6) is -0.110. The molecule has 0 unspecified atom stereocenters. The van der Waals surface area contributed by atoms with Crippen LogP contribution in [0.25, 0.3) is 0 Å². The maximum Gasteiger partial charge on any atom is 0.332 e. The van der Waals surface area contributed by atoms with E-state index in [0.717, 1.165) is 31.2 Å². The van der Waals surface area contributed by atoms with Gasteiger partial charge in [0.05, 0.1) is 5.69 Å². The smallest absolute Gasteiger partial charge is 0.312 e. The SMILES string of the molecule is Cc1ccc(N2C(=O)CN(C3CCCC3)C2=O)cc1. The first kappa shape index (κ1) is 12.2. The van der Waals surface area contributed by atoms with Crippen molar-refractivity contribution in [3.63, 3.8) is 0 Å². The molecule has 100 valence electrons. The molecule has 0 atom stereocenters. The number of aryl methyl sites for hydroxylation is 1. The predicted molar refractivity (Wildman–Crippen MR) is 73.0 cm³/mol. The Kier molecular flexibility index (Phi) is 3.01. The minimum Gasteiger partial charge on any atom is -0.312 e. The topological polar surface area (TPSA) is 40.6 Å². The molecule has 4 heteroatoms. The number of carbonyl (C=O) groups is 2. The molecule has 3 amide bonds. The van der Waals surface area contributed by atoms with Crippen LogP contribution in [0, 0.1) is 6.92 Å². The Morgan fingerprint density at radius 2 is 1.68 bits per heavy atom. The number of hydrogen-bond donors (Lipinski definition) is 0. The quantitative estimate of drug-likeness (QED) is 0.765. The molecule has 1 saturated heterocycles. The van der Waals surface area contributed by atoms with Crippen LogP contribution >= 0.6 is 0 Å². The third-order valence-electron chi connectivity index (χ3n) is 4.05. The highest BCUT2D eigenvalue weighted by molar-refractivity contribution is 6.19. The van der Waals surface area contributed by atoms with Crippen LogP contribution in [0.15, 0.2) is 24.3 Å². The van der Waals surface area contributed by atoms with Gasteiger partial charge in [0.2, 0.25) is 0 Å². The highest BCUT2D eigenvalue weighted by atomic mass is 16.2. The van der Waals surface area contributed by atoms with Crippen molar-refractivity contribution in [3.8, 4) is 0 Å². The lowest BCUT2D eigenvalue weighted by atomic mass is 10.2. The van der Waals surface area contributed by atoms with Crippen molar-refractivity contribution in [2.45, 2.75) is 38.6 Å². The van der Waals surface area contributed by atoms with Gasteiger partial charge in [-0.1, -0.05) is 30.5 Å². The largest absolute Gasteiger partial charge is 0.332 e. The Labute approximate surface area is 113 Å². The van der Waals surface area contributed by atoms with Crippen molar-refractivity contribution in [3.05, 3.63) is 29.8 Å². The molecule has 1 saturated carbocycles. The second-order valence-electron chi connectivity index (χ2n) is 5.41. The summed E-state index contributed by atoms with van der Waals surface area (Å²) in [5.41, 5.74) is 1.80. The minimum absolute atomic E-state index is 0.110. The molecule has 0 N–H and O–H groups in total. The second-order valence-corrected chi connectivity index (χ2v) is 5.41. The highest BCUT2D eigenvalue weighted by Gasteiger charge is 2.41. The molecule has 3 rings (SSSR count). The van der Waals surface area contributed by atoms with Gasteiger partial charge >= 0.3 is 6.03 Å². The zero-order valence-electron chi connectivity index (χ0n) is 11.1. The Balaban J connectivity index is 1.84. The molecule has 0 radical (unpaired) electrons. The van der Waals surface area contributed by atoms with E-state index in [9.17, 15) is 9.59 Å². The lowest BCUT2D eigenvalue weighted by Gasteiger charge is -2.22. The maximum absolute atomic E-state index is 12.4. The fourth-order valence-electron chi connectivity index (χ4n) is 2.97. The fourth-order valence-corrected chi connectivity index (χ4v) is 2.97. The number of nitrogens with zero attached hydrogens (tertiary/aromatic N) is 2. The van der Waals surface area contributed by atoms with Gasteiger partial charge in [-0.15, -0.1) is 0 Å². The van der Waals surface area contributed by atoms with Gasteiger partial charge in [-0.25, -0.2) is 9.69 Å². The summed E-state index contributed by atoms with van der Waals surface area (Å²) in [6, 6.07) is 7.63. The Morgan fingerprint density at radius 3 is 2.32 bits per heavy atom. The van der Waals surface area contributed by atoms with Gasteiger partial charge in [0.1, 0.15) is 6.54 Å². The van der Waals surface area contributed by atoms with Crippen LogP contribution in [0.1, 0.15) is 31.2 Å². The molecule has 0 bridgehead atoms. The van der Waals surface area contributed by atoms with Gasteiger partial charge in [0.25, 0.3) is 5.91 Å². The molecular formula is C15H18N2O2. The molecule has 4 nitrogen and oxygen atoms in total. The number of benzene rings is 1. The van der Waals surface area contributed by atoms with Crippen LogP contribution in [0.5, 0.6) is 0 Å². The zero-order chi connectivity index (χ0) is 13.4. The molecule has 19 heavy (non-hydrogen) atoms. The van der Waals surface area contributed by atoms with Crippen LogP contribution in [-0.4, -0.2) is 29.4 Å². The summed E-state index contributed by atoms with van der Waals surface area (Å²) in [5, 5.41) is 0. The van der Waals surface area contributed by atoms with Gasteiger partial charge in [0, 0.05) is 6.04 Å². The van der Waals surface area contributed by atoms with E-state index in [1.54, 1.807) is 4.90 Å². The number of imide groups is 1. The van der Waals surface area contributed by atoms with Gasteiger partial charge in [-0.3, -0.25) is 4.79 Å². The van der Waals surface area contributed by atoms with Crippen molar-refractivity contribution in [2.75, 3.05) is 11.4 Å². The first-order valence-corrected chi connectivity index (χ1v) is 6.87. The lowest BCUT2D eigenvalue weighted by molar-refractivity contribution is -0.116. The van der Waals surface area contributed by atoms with E-state index < -0.39 is 0 Å². The average Bonchev–Trinajstić information content (AvgIpc) is 3.00. The number of hydrogen-bond acceptors (Lipinski definition) is 2. The predicted octanol–water partition coefficient (Wildman–Crippen LogP) is 2.71. The van der Waals surface area contributed by atoms with E-state index in [4.69, 9.17) is 0 Å². The molecule has 1 aromatic rings. The molecule has 0 spiro atoms. The Morgan fingerprint density at radius 1 is 1.05 bits per heavy atom. The lowest BCUT2D eigenvalue weighted by Crippen LogP contribution is -2.38. The van der Waals surface area contributed by atoms with E-state index in [0.29, 0.717) is 5.69 Å². The summed E-state index contributed by atoms with van der Waals surface area (Å²) in [6.45, 7) is 2.22. The second kappa shape index (κ2) is 4.68. The van der Waals surface area contributed by atoms with Crippen molar-refractivity contribution in [1.82, 2.24) is 4.90 Å². The summed E-state index contributed by atoms with van der Waals surface area (Å²) in [6.07, 6.45) is 4.38. The summed E-state index contributed by atoms with van der Waals surface area (Å²) < 4.78 is 0. The molecule has 1 heterocycles. The number of urea groups is 1. The minimum atomic E-state index is -0.152. The Hall–Kier alpha value is -1.84. The van der Waals surface area contributed by atoms with Crippen LogP contribution in [-0.2, 0) is 4.79 Å². The van der Waals surface area contributed by atoms with Crippen molar-refractivity contribution >= 4 is 17.6 Å². The molecular weight excluding hydrogens is 240 g/mol.